The zero-order valence-corrected chi connectivity index (χ0v) is 15.5. The Morgan fingerprint density at radius 1 is 1.07 bits per heavy atom. The number of nitrogens with one attached hydrogen (secondary N) is 3. The summed E-state index contributed by atoms with van der Waals surface area (Å²) in [5, 5.41) is 6.40. The molecule has 1 amide bonds. The van der Waals surface area contributed by atoms with Crippen LogP contribution in [-0.2, 0) is 24.4 Å². The van der Waals surface area contributed by atoms with Gasteiger partial charge in [0.15, 0.2) is 0 Å². The number of ether oxygens (including phenoxy) is 1. The molecule has 6 heteroatoms. The van der Waals surface area contributed by atoms with Crippen LogP contribution in [0.4, 0.5) is 0 Å². The van der Waals surface area contributed by atoms with Gasteiger partial charge in [-0.15, -0.1) is 0 Å². The lowest BCUT2D eigenvalue weighted by Crippen LogP contribution is -2.28. The number of carbonyl (C=O) groups is 1. The number of carbonyl (C=O) groups excluding carboxylic acids is 1. The molecule has 0 saturated carbocycles. The van der Waals surface area contributed by atoms with E-state index in [2.05, 4.69) is 15.6 Å². The molecule has 6 nitrogen and oxygen atoms in total. The van der Waals surface area contributed by atoms with Crippen molar-refractivity contribution in [3.63, 3.8) is 0 Å². The highest BCUT2D eigenvalue weighted by Gasteiger charge is 2.13. The lowest BCUT2D eigenvalue weighted by Gasteiger charge is -2.08. The number of methoxy groups -OCH3 is 1. The van der Waals surface area contributed by atoms with Crippen molar-refractivity contribution < 1.29 is 9.53 Å². The number of hydrogen-bond donors (Lipinski definition) is 3. The van der Waals surface area contributed by atoms with E-state index in [0.717, 1.165) is 23.2 Å². The Kier molecular flexibility index (Phi) is 6.01. The van der Waals surface area contributed by atoms with E-state index in [-0.39, 0.29) is 11.0 Å². The van der Waals surface area contributed by atoms with Crippen molar-refractivity contribution in [2.75, 3.05) is 14.2 Å². The monoisotopic (exact) mass is 365 g/mol. The second-order valence-corrected chi connectivity index (χ2v) is 6.38. The first-order valence-electron chi connectivity index (χ1n) is 8.76. The van der Waals surface area contributed by atoms with E-state index in [4.69, 9.17) is 4.74 Å². The van der Waals surface area contributed by atoms with Gasteiger partial charge in [-0.3, -0.25) is 9.59 Å². The van der Waals surface area contributed by atoms with E-state index >= 15 is 0 Å². The first-order chi connectivity index (χ1) is 13.1. The minimum Gasteiger partial charge on any atom is -0.380 e. The van der Waals surface area contributed by atoms with Crippen molar-refractivity contribution in [2.24, 2.45) is 0 Å². The molecule has 0 aliphatic heterocycles. The summed E-state index contributed by atoms with van der Waals surface area (Å²) < 4.78 is 5.11. The van der Waals surface area contributed by atoms with Crippen LogP contribution in [0.25, 0.3) is 10.9 Å². The van der Waals surface area contributed by atoms with Crippen molar-refractivity contribution in [3.05, 3.63) is 81.1 Å². The van der Waals surface area contributed by atoms with Crippen LogP contribution in [0.5, 0.6) is 0 Å². The Labute approximate surface area is 157 Å². The molecule has 1 heterocycles. The fraction of sp³-hybridized carbons (Fsp3) is 0.238. The lowest BCUT2D eigenvalue weighted by molar-refractivity contribution is 0.0949. The van der Waals surface area contributed by atoms with E-state index in [1.165, 1.54) is 6.20 Å². The van der Waals surface area contributed by atoms with Crippen LogP contribution >= 0.6 is 0 Å². The molecule has 3 aromatic rings. The molecule has 1 aromatic heterocycles. The molecule has 0 fully saturated rings. The fourth-order valence-corrected chi connectivity index (χ4v) is 3.02. The Balaban J connectivity index is 1.80. The highest BCUT2D eigenvalue weighted by molar-refractivity contribution is 5.97. The van der Waals surface area contributed by atoms with Crippen molar-refractivity contribution in [3.8, 4) is 0 Å². The number of aromatic nitrogens is 1. The van der Waals surface area contributed by atoms with E-state index in [9.17, 15) is 9.59 Å². The van der Waals surface area contributed by atoms with Gasteiger partial charge in [0.2, 0.25) is 5.43 Å². The number of pyridine rings is 1. The van der Waals surface area contributed by atoms with Crippen molar-refractivity contribution >= 4 is 16.8 Å². The number of aromatic amines is 1. The minimum absolute atomic E-state index is 0.100. The van der Waals surface area contributed by atoms with Gasteiger partial charge in [-0.05, 0) is 35.9 Å². The number of H-pyrrole nitrogens is 1. The first kappa shape index (κ1) is 18.8. The molecule has 0 radical (unpaired) electrons. The Morgan fingerprint density at radius 3 is 2.59 bits per heavy atom. The second-order valence-electron chi connectivity index (χ2n) is 6.38. The third-order valence-corrected chi connectivity index (χ3v) is 4.33. The third kappa shape index (κ3) is 4.42. The number of hydrogen-bond acceptors (Lipinski definition) is 4. The molecule has 0 unspecified atom stereocenters. The smallest absolute Gasteiger partial charge is 0.257 e. The molecule has 27 heavy (non-hydrogen) atoms. The van der Waals surface area contributed by atoms with E-state index in [0.29, 0.717) is 24.1 Å². The summed E-state index contributed by atoms with van der Waals surface area (Å²) in [5.74, 6) is -0.394. The molecule has 0 spiro atoms. The number of benzene rings is 2. The molecule has 140 valence electrons. The highest BCUT2D eigenvalue weighted by Crippen LogP contribution is 2.12. The SMILES string of the molecule is CNCc1cccc(CNC(=O)c2c[nH]c3ccc(COC)cc3c2=O)c1. The molecule has 3 rings (SSSR count). The molecule has 0 bridgehead atoms. The van der Waals surface area contributed by atoms with E-state index in [1.54, 1.807) is 13.2 Å². The lowest BCUT2D eigenvalue weighted by atomic mass is 10.1. The Morgan fingerprint density at radius 2 is 1.85 bits per heavy atom. The molecule has 0 aliphatic carbocycles. The van der Waals surface area contributed by atoms with Gasteiger partial charge < -0.3 is 20.4 Å². The van der Waals surface area contributed by atoms with Crippen molar-refractivity contribution in [2.45, 2.75) is 19.7 Å². The van der Waals surface area contributed by atoms with Crippen LogP contribution in [0, 0.1) is 0 Å². The summed E-state index contributed by atoms with van der Waals surface area (Å²) in [5.41, 5.74) is 3.51. The quantitative estimate of drug-likeness (QED) is 0.600. The number of amides is 1. The molecule has 2 aromatic carbocycles. The van der Waals surface area contributed by atoms with Crippen molar-refractivity contribution in [1.29, 1.82) is 0 Å². The molecular weight excluding hydrogens is 342 g/mol. The summed E-state index contributed by atoms with van der Waals surface area (Å²) in [6, 6.07) is 13.4. The zero-order chi connectivity index (χ0) is 19.2. The third-order valence-electron chi connectivity index (χ3n) is 4.33. The normalized spacial score (nSPS) is 10.9. The largest absolute Gasteiger partial charge is 0.380 e. The molecule has 0 aliphatic rings. The summed E-state index contributed by atoms with van der Waals surface area (Å²) in [4.78, 5) is 28.3. The minimum atomic E-state index is -0.394. The standard InChI is InChI=1S/C21H23N3O3/c1-22-10-14-4-3-5-15(8-14)11-24-21(26)18-12-23-19-7-6-16(13-27-2)9-17(19)20(18)25/h3-9,12,22H,10-11,13H2,1-2H3,(H,23,25)(H,24,26). The molecular formula is C21H23N3O3. The average Bonchev–Trinajstić information content (AvgIpc) is 2.68. The summed E-state index contributed by atoms with van der Waals surface area (Å²) in [6.07, 6.45) is 1.47. The van der Waals surface area contributed by atoms with Crippen LogP contribution in [0.2, 0.25) is 0 Å². The maximum absolute atomic E-state index is 12.7. The van der Waals surface area contributed by atoms with Gasteiger partial charge in [0.25, 0.3) is 5.91 Å². The van der Waals surface area contributed by atoms with Crippen LogP contribution in [0.3, 0.4) is 0 Å². The van der Waals surface area contributed by atoms with Gasteiger partial charge in [0.1, 0.15) is 5.56 Å². The fourth-order valence-electron chi connectivity index (χ4n) is 3.02. The average molecular weight is 365 g/mol. The summed E-state index contributed by atoms with van der Waals surface area (Å²) in [6.45, 7) is 1.53. The predicted molar refractivity (Wildman–Crippen MR) is 106 cm³/mol. The summed E-state index contributed by atoms with van der Waals surface area (Å²) >= 11 is 0. The topological polar surface area (TPSA) is 83.2 Å². The van der Waals surface area contributed by atoms with E-state index in [1.807, 2.05) is 43.4 Å². The molecule has 0 saturated heterocycles. The second kappa shape index (κ2) is 8.62. The highest BCUT2D eigenvalue weighted by atomic mass is 16.5. The maximum Gasteiger partial charge on any atom is 0.257 e. The van der Waals surface area contributed by atoms with Gasteiger partial charge >= 0.3 is 0 Å². The Bertz CT molecular complexity index is 1010. The molecule has 3 N–H and O–H groups in total. The van der Waals surface area contributed by atoms with Crippen LogP contribution in [0.15, 0.2) is 53.5 Å². The molecule has 0 atom stereocenters. The van der Waals surface area contributed by atoms with Gasteiger partial charge in [-0.1, -0.05) is 30.3 Å². The Hall–Kier alpha value is -2.96. The van der Waals surface area contributed by atoms with Crippen molar-refractivity contribution in [1.82, 2.24) is 15.6 Å². The van der Waals surface area contributed by atoms with Crippen LogP contribution < -0.4 is 16.1 Å². The van der Waals surface area contributed by atoms with E-state index < -0.39 is 5.91 Å². The first-order valence-corrected chi connectivity index (χ1v) is 8.76. The number of rotatable bonds is 7. The van der Waals surface area contributed by atoms with Gasteiger partial charge in [-0.2, -0.15) is 0 Å². The van der Waals surface area contributed by atoms with Gasteiger partial charge in [0, 0.05) is 37.3 Å². The predicted octanol–water partition coefficient (Wildman–Crippen LogP) is 2.32. The van der Waals surface area contributed by atoms with Gasteiger partial charge in [0.05, 0.1) is 6.61 Å². The van der Waals surface area contributed by atoms with Crippen LogP contribution in [0.1, 0.15) is 27.0 Å². The summed E-state index contributed by atoms with van der Waals surface area (Å²) in [7, 11) is 3.49. The number of fused-ring (bicyclic) bond motifs is 1. The maximum atomic E-state index is 12.7. The van der Waals surface area contributed by atoms with Gasteiger partial charge in [-0.25, -0.2) is 0 Å². The van der Waals surface area contributed by atoms with Crippen LogP contribution in [-0.4, -0.2) is 25.0 Å². The zero-order valence-electron chi connectivity index (χ0n) is 15.5.